The normalized spacial score (nSPS) is 23.0. The molecule has 0 bridgehead atoms. The molecule has 0 aromatic heterocycles. The molecule has 1 fully saturated rings. The Hall–Kier alpha value is -0.710. The van der Waals surface area contributed by atoms with Crippen molar-refractivity contribution in [2.45, 2.75) is 42.9 Å². The number of hydrogen-bond acceptors (Lipinski definition) is 3. The van der Waals surface area contributed by atoms with Gasteiger partial charge in [-0.25, -0.2) is 0 Å². The van der Waals surface area contributed by atoms with Gasteiger partial charge in [-0.3, -0.25) is 4.79 Å². The van der Waals surface area contributed by atoms with E-state index in [-0.39, 0.29) is 24.2 Å². The summed E-state index contributed by atoms with van der Waals surface area (Å²) >= 11 is 1.91. The van der Waals surface area contributed by atoms with Crippen molar-refractivity contribution in [2.24, 2.45) is 5.73 Å². The highest BCUT2D eigenvalue weighted by Crippen LogP contribution is 2.27. The summed E-state index contributed by atoms with van der Waals surface area (Å²) in [6, 6.07) is 10.1. The minimum Gasteiger partial charge on any atom is -0.353 e. The fourth-order valence-electron chi connectivity index (χ4n) is 2.87. The molecule has 1 aliphatic carbocycles. The van der Waals surface area contributed by atoms with Crippen LogP contribution in [0, 0.1) is 0 Å². The molecule has 1 aromatic rings. The molecule has 3 atom stereocenters. The largest absolute Gasteiger partial charge is 0.353 e. The predicted octanol–water partition coefficient (Wildman–Crippen LogP) is 2.94. The third-order valence-corrected chi connectivity index (χ3v) is 5.15. The first-order valence-electron chi connectivity index (χ1n) is 7.32. The molecule has 1 amide bonds. The Morgan fingerprint density at radius 1 is 1.38 bits per heavy atom. The average Bonchev–Trinajstić information content (AvgIpc) is 2.49. The van der Waals surface area contributed by atoms with Crippen LogP contribution >= 0.6 is 24.2 Å². The topological polar surface area (TPSA) is 55.1 Å². The predicted molar refractivity (Wildman–Crippen MR) is 93.2 cm³/mol. The Morgan fingerprint density at radius 2 is 2.10 bits per heavy atom. The molecule has 0 aliphatic heterocycles. The van der Waals surface area contributed by atoms with Gasteiger partial charge in [0, 0.05) is 17.8 Å². The molecular weight excluding hydrogens is 304 g/mol. The Balaban J connectivity index is 0.00000220. The fourth-order valence-corrected chi connectivity index (χ4v) is 3.70. The lowest BCUT2D eigenvalue weighted by Gasteiger charge is -2.30. The Bertz CT molecular complexity index is 430. The van der Waals surface area contributed by atoms with E-state index in [0.29, 0.717) is 17.8 Å². The minimum absolute atomic E-state index is 0. The molecule has 0 radical (unpaired) electrons. The first-order valence-corrected chi connectivity index (χ1v) is 8.61. The standard InChI is InChI=1S/C16H24N2OS.ClH/c1-20-14-9-5-8-13(10-14)18-16(19)15(11-17)12-6-3-2-4-7-12;/h2-4,6-7,13-15H,5,8-11,17H2,1H3,(H,18,19);1H. The first kappa shape index (κ1) is 18.3. The second-order valence-corrected chi connectivity index (χ2v) is 6.57. The Morgan fingerprint density at radius 3 is 2.71 bits per heavy atom. The van der Waals surface area contributed by atoms with Crippen LogP contribution in [0.5, 0.6) is 0 Å². The number of carbonyl (C=O) groups excluding carboxylic acids is 1. The maximum Gasteiger partial charge on any atom is 0.229 e. The highest BCUT2D eigenvalue weighted by molar-refractivity contribution is 7.99. The van der Waals surface area contributed by atoms with Gasteiger partial charge in [0.1, 0.15) is 0 Å². The van der Waals surface area contributed by atoms with E-state index in [0.717, 1.165) is 18.4 Å². The highest BCUT2D eigenvalue weighted by atomic mass is 35.5. The molecule has 1 saturated carbocycles. The Labute approximate surface area is 137 Å². The summed E-state index contributed by atoms with van der Waals surface area (Å²) in [5.74, 6) is -0.156. The van der Waals surface area contributed by atoms with Crippen molar-refractivity contribution in [3.05, 3.63) is 35.9 Å². The van der Waals surface area contributed by atoms with Crippen LogP contribution in [0.2, 0.25) is 0 Å². The molecule has 3 unspecified atom stereocenters. The summed E-state index contributed by atoms with van der Waals surface area (Å²) in [6.45, 7) is 0.356. The van der Waals surface area contributed by atoms with Gasteiger partial charge in [0.2, 0.25) is 5.91 Å². The van der Waals surface area contributed by atoms with Gasteiger partial charge in [0.15, 0.2) is 0 Å². The van der Waals surface area contributed by atoms with Crippen molar-refractivity contribution < 1.29 is 4.79 Å². The van der Waals surface area contributed by atoms with Crippen LogP contribution in [-0.4, -0.2) is 30.0 Å². The van der Waals surface area contributed by atoms with Crippen LogP contribution in [-0.2, 0) is 4.79 Å². The van der Waals surface area contributed by atoms with E-state index >= 15 is 0 Å². The van der Waals surface area contributed by atoms with Crippen LogP contribution in [0.1, 0.15) is 37.2 Å². The molecule has 0 heterocycles. The molecule has 5 heteroatoms. The maximum absolute atomic E-state index is 12.4. The second-order valence-electron chi connectivity index (χ2n) is 5.43. The van der Waals surface area contributed by atoms with Crippen molar-refractivity contribution in [2.75, 3.05) is 12.8 Å². The summed E-state index contributed by atoms with van der Waals surface area (Å²) in [5.41, 5.74) is 6.80. The zero-order valence-corrected chi connectivity index (χ0v) is 14.1. The molecule has 118 valence electrons. The molecule has 0 spiro atoms. The van der Waals surface area contributed by atoms with Gasteiger partial charge in [-0.15, -0.1) is 12.4 Å². The van der Waals surface area contributed by atoms with Crippen molar-refractivity contribution in [3.8, 4) is 0 Å². The molecular formula is C16H25ClN2OS. The third kappa shape index (κ3) is 5.20. The number of carbonyl (C=O) groups is 1. The number of nitrogens with two attached hydrogens (primary N) is 1. The smallest absolute Gasteiger partial charge is 0.229 e. The molecule has 1 aromatic carbocycles. The molecule has 2 rings (SSSR count). The van der Waals surface area contributed by atoms with Gasteiger partial charge in [0.05, 0.1) is 5.92 Å². The van der Waals surface area contributed by atoms with Gasteiger partial charge < -0.3 is 11.1 Å². The summed E-state index contributed by atoms with van der Waals surface area (Å²) in [6.07, 6.45) is 6.80. The van der Waals surface area contributed by atoms with Gasteiger partial charge in [-0.05, 0) is 31.1 Å². The molecule has 1 aliphatic rings. The fraction of sp³-hybridized carbons (Fsp3) is 0.562. The first-order chi connectivity index (χ1) is 9.74. The summed E-state index contributed by atoms with van der Waals surface area (Å²) < 4.78 is 0. The molecule has 0 saturated heterocycles. The summed E-state index contributed by atoms with van der Waals surface area (Å²) in [5, 5.41) is 3.88. The number of hydrogen-bond donors (Lipinski definition) is 2. The van der Waals surface area contributed by atoms with Crippen LogP contribution in [0.15, 0.2) is 30.3 Å². The van der Waals surface area contributed by atoms with Crippen molar-refractivity contribution in [1.29, 1.82) is 0 Å². The van der Waals surface area contributed by atoms with Crippen molar-refractivity contribution in [3.63, 3.8) is 0 Å². The van der Waals surface area contributed by atoms with Crippen LogP contribution < -0.4 is 11.1 Å². The Kier molecular flexibility index (Phi) is 8.15. The lowest BCUT2D eigenvalue weighted by molar-refractivity contribution is -0.123. The van der Waals surface area contributed by atoms with Gasteiger partial charge in [-0.2, -0.15) is 11.8 Å². The van der Waals surface area contributed by atoms with E-state index < -0.39 is 0 Å². The SMILES string of the molecule is CSC1CCCC(NC(=O)C(CN)c2ccccc2)C1.Cl. The quantitative estimate of drug-likeness (QED) is 0.873. The van der Waals surface area contributed by atoms with Crippen LogP contribution in [0.3, 0.4) is 0 Å². The summed E-state index contributed by atoms with van der Waals surface area (Å²) in [7, 11) is 0. The van der Waals surface area contributed by atoms with E-state index in [4.69, 9.17) is 5.73 Å². The number of rotatable bonds is 5. The number of nitrogens with one attached hydrogen (secondary N) is 1. The van der Waals surface area contributed by atoms with Crippen LogP contribution in [0.25, 0.3) is 0 Å². The minimum atomic E-state index is -0.231. The monoisotopic (exact) mass is 328 g/mol. The van der Waals surface area contributed by atoms with E-state index in [1.807, 2.05) is 42.1 Å². The zero-order chi connectivity index (χ0) is 14.4. The number of amides is 1. The number of thioether (sulfide) groups is 1. The molecule has 3 nitrogen and oxygen atoms in total. The molecule has 3 N–H and O–H groups in total. The van der Waals surface area contributed by atoms with Gasteiger partial charge >= 0.3 is 0 Å². The lowest BCUT2D eigenvalue weighted by Crippen LogP contribution is -2.43. The number of benzene rings is 1. The third-order valence-electron chi connectivity index (χ3n) is 4.06. The van der Waals surface area contributed by atoms with Crippen molar-refractivity contribution in [1.82, 2.24) is 5.32 Å². The second kappa shape index (κ2) is 9.34. The lowest BCUT2D eigenvalue weighted by atomic mass is 9.93. The maximum atomic E-state index is 12.4. The molecule has 21 heavy (non-hydrogen) atoms. The van der Waals surface area contributed by atoms with E-state index in [1.165, 1.54) is 12.8 Å². The highest BCUT2D eigenvalue weighted by Gasteiger charge is 2.26. The van der Waals surface area contributed by atoms with Gasteiger partial charge in [-0.1, -0.05) is 36.8 Å². The summed E-state index contributed by atoms with van der Waals surface area (Å²) in [4.78, 5) is 12.4. The number of halogens is 1. The zero-order valence-electron chi connectivity index (χ0n) is 12.5. The van der Waals surface area contributed by atoms with E-state index in [2.05, 4.69) is 11.6 Å². The van der Waals surface area contributed by atoms with Crippen LogP contribution in [0.4, 0.5) is 0 Å². The van der Waals surface area contributed by atoms with E-state index in [9.17, 15) is 4.79 Å². The van der Waals surface area contributed by atoms with Crippen molar-refractivity contribution >= 4 is 30.1 Å². The van der Waals surface area contributed by atoms with Gasteiger partial charge in [0.25, 0.3) is 0 Å². The average molecular weight is 329 g/mol. The van der Waals surface area contributed by atoms with E-state index in [1.54, 1.807) is 0 Å².